The summed E-state index contributed by atoms with van der Waals surface area (Å²) in [4.78, 5) is 18.6. The summed E-state index contributed by atoms with van der Waals surface area (Å²) in [5.41, 5.74) is 0.868. The second kappa shape index (κ2) is 7.29. The van der Waals surface area contributed by atoms with Gasteiger partial charge in [0, 0.05) is 17.1 Å². The van der Waals surface area contributed by atoms with E-state index in [0.29, 0.717) is 37.0 Å². The quantitative estimate of drug-likeness (QED) is 0.844. The predicted octanol–water partition coefficient (Wildman–Crippen LogP) is 3.40. The van der Waals surface area contributed by atoms with Crippen LogP contribution in [0.4, 0.5) is 0 Å². The number of hydrogen-bond acceptors (Lipinski definition) is 3. The lowest BCUT2D eigenvalue weighted by atomic mass is 10.2. The molecule has 2 aromatic carbocycles. The molecule has 23 heavy (non-hydrogen) atoms. The first-order chi connectivity index (χ1) is 11.2. The zero-order valence-corrected chi connectivity index (χ0v) is 13.4. The number of carbonyl (C=O) groups is 1. The molecule has 1 heterocycles. The number of aliphatic imine (C=N–C) groups is 1. The van der Waals surface area contributed by atoms with E-state index >= 15 is 0 Å². The molecule has 0 bridgehead atoms. The maximum atomic E-state index is 12.4. The largest absolute Gasteiger partial charge is 0.493 e. The number of halogens is 1. The fourth-order valence-corrected chi connectivity index (χ4v) is 2.66. The third kappa shape index (κ3) is 3.90. The van der Waals surface area contributed by atoms with E-state index in [4.69, 9.17) is 16.3 Å². The van der Waals surface area contributed by atoms with Gasteiger partial charge in [0.15, 0.2) is 0 Å². The van der Waals surface area contributed by atoms with Gasteiger partial charge >= 0.3 is 0 Å². The lowest BCUT2D eigenvalue weighted by molar-refractivity contribution is -0.127. The van der Waals surface area contributed by atoms with Crippen LogP contribution in [-0.2, 0) is 4.79 Å². The normalized spacial score (nSPS) is 13.8. The van der Waals surface area contributed by atoms with Gasteiger partial charge < -0.3 is 4.74 Å². The fraction of sp³-hybridized carbons (Fsp3) is 0.222. The van der Waals surface area contributed by atoms with Crippen molar-refractivity contribution >= 4 is 23.3 Å². The maximum Gasteiger partial charge on any atom is 0.231 e. The molecule has 0 radical (unpaired) electrons. The van der Waals surface area contributed by atoms with Crippen molar-refractivity contribution < 1.29 is 9.53 Å². The Morgan fingerprint density at radius 2 is 2.00 bits per heavy atom. The van der Waals surface area contributed by atoms with E-state index in [1.54, 1.807) is 11.0 Å². The number of amidine groups is 1. The Hall–Kier alpha value is -2.33. The van der Waals surface area contributed by atoms with Gasteiger partial charge in [-0.15, -0.1) is 0 Å². The highest BCUT2D eigenvalue weighted by Gasteiger charge is 2.24. The highest BCUT2D eigenvalue weighted by Crippen LogP contribution is 2.17. The van der Waals surface area contributed by atoms with E-state index < -0.39 is 0 Å². The number of amides is 1. The molecule has 1 amide bonds. The second-order valence-corrected chi connectivity index (χ2v) is 5.61. The number of nitrogens with zero attached hydrogens (tertiary/aromatic N) is 2. The third-order valence-corrected chi connectivity index (χ3v) is 3.79. The molecule has 0 saturated carbocycles. The van der Waals surface area contributed by atoms with Crippen LogP contribution in [0.25, 0.3) is 0 Å². The van der Waals surface area contributed by atoms with E-state index in [0.717, 1.165) is 11.3 Å². The molecule has 4 nitrogen and oxygen atoms in total. The van der Waals surface area contributed by atoms with Crippen LogP contribution in [0.5, 0.6) is 5.75 Å². The minimum absolute atomic E-state index is 0.0113. The van der Waals surface area contributed by atoms with Gasteiger partial charge in [0.05, 0.1) is 19.6 Å². The first-order valence-corrected chi connectivity index (χ1v) is 7.90. The summed E-state index contributed by atoms with van der Waals surface area (Å²) in [6.07, 6.45) is 0.314. The smallest absolute Gasteiger partial charge is 0.231 e. The summed E-state index contributed by atoms with van der Waals surface area (Å²) in [5, 5.41) is 0.636. The van der Waals surface area contributed by atoms with Crippen molar-refractivity contribution in [2.45, 2.75) is 6.42 Å². The molecule has 5 heteroatoms. The van der Waals surface area contributed by atoms with Gasteiger partial charge in [-0.25, -0.2) is 0 Å². The van der Waals surface area contributed by atoms with E-state index in [1.165, 1.54) is 0 Å². The predicted molar refractivity (Wildman–Crippen MR) is 91.1 cm³/mol. The molecule has 118 valence electrons. The Bertz CT molecular complexity index is 716. The molecule has 0 atom stereocenters. The van der Waals surface area contributed by atoms with E-state index in [-0.39, 0.29) is 5.91 Å². The van der Waals surface area contributed by atoms with Crippen molar-refractivity contribution in [2.24, 2.45) is 4.99 Å². The highest BCUT2D eigenvalue weighted by atomic mass is 35.5. The summed E-state index contributed by atoms with van der Waals surface area (Å²) < 4.78 is 5.59. The number of hydrogen-bond donors (Lipinski definition) is 0. The van der Waals surface area contributed by atoms with Crippen LogP contribution in [0, 0.1) is 0 Å². The molecule has 1 aliphatic rings. The van der Waals surface area contributed by atoms with Crippen molar-refractivity contribution in [2.75, 3.05) is 19.7 Å². The molecule has 0 aromatic heterocycles. The summed E-state index contributed by atoms with van der Waals surface area (Å²) >= 11 is 6.02. The van der Waals surface area contributed by atoms with Crippen LogP contribution in [0.1, 0.15) is 12.0 Å². The van der Waals surface area contributed by atoms with Crippen LogP contribution in [0.3, 0.4) is 0 Å². The minimum atomic E-state index is 0.0113. The van der Waals surface area contributed by atoms with Gasteiger partial charge in [-0.1, -0.05) is 41.9 Å². The Labute approximate surface area is 140 Å². The van der Waals surface area contributed by atoms with Crippen molar-refractivity contribution in [1.82, 2.24) is 4.90 Å². The number of rotatable bonds is 5. The Kier molecular flexibility index (Phi) is 4.93. The number of carbonyl (C=O) groups excluding carboxylic acids is 1. The van der Waals surface area contributed by atoms with Gasteiger partial charge in [0.25, 0.3) is 0 Å². The third-order valence-electron chi connectivity index (χ3n) is 3.55. The Morgan fingerprint density at radius 1 is 1.17 bits per heavy atom. The van der Waals surface area contributed by atoms with Crippen LogP contribution >= 0.6 is 11.6 Å². The molecule has 0 saturated heterocycles. The summed E-state index contributed by atoms with van der Waals surface area (Å²) in [7, 11) is 0. The fourth-order valence-electron chi connectivity index (χ4n) is 2.47. The number of para-hydroxylation sites is 1. The monoisotopic (exact) mass is 328 g/mol. The SMILES string of the molecule is O=C(CCOc1ccccc1)N1CCN=C1c1cccc(Cl)c1. The van der Waals surface area contributed by atoms with Gasteiger partial charge in [-0.3, -0.25) is 14.7 Å². The lowest BCUT2D eigenvalue weighted by Crippen LogP contribution is -2.35. The summed E-state index contributed by atoms with van der Waals surface area (Å²) in [6, 6.07) is 16.9. The number of ether oxygens (including phenoxy) is 1. The molecule has 3 rings (SSSR count). The van der Waals surface area contributed by atoms with E-state index in [9.17, 15) is 4.79 Å². The molecule has 0 unspecified atom stereocenters. The lowest BCUT2D eigenvalue weighted by Gasteiger charge is -2.19. The van der Waals surface area contributed by atoms with Crippen molar-refractivity contribution in [3.05, 3.63) is 65.2 Å². The summed E-state index contributed by atoms with van der Waals surface area (Å²) in [5.74, 6) is 1.47. The Morgan fingerprint density at radius 3 is 2.78 bits per heavy atom. The van der Waals surface area contributed by atoms with Crippen molar-refractivity contribution in [3.63, 3.8) is 0 Å². The first kappa shape index (κ1) is 15.6. The molecular weight excluding hydrogens is 312 g/mol. The second-order valence-electron chi connectivity index (χ2n) is 5.17. The van der Waals surface area contributed by atoms with E-state index in [2.05, 4.69) is 4.99 Å². The Balaban J connectivity index is 1.60. The van der Waals surface area contributed by atoms with Gasteiger partial charge in [0.2, 0.25) is 5.91 Å². The molecule has 0 N–H and O–H groups in total. The standard InChI is InChI=1S/C18H17ClN2O2/c19-15-6-4-5-14(13-15)18-20-10-11-21(18)17(22)9-12-23-16-7-2-1-3-8-16/h1-8,13H,9-12H2. The first-order valence-electron chi connectivity index (χ1n) is 7.52. The zero-order valence-electron chi connectivity index (χ0n) is 12.6. The molecule has 0 fully saturated rings. The van der Waals surface area contributed by atoms with Crippen LogP contribution in [-0.4, -0.2) is 36.3 Å². The van der Waals surface area contributed by atoms with Gasteiger partial charge in [-0.2, -0.15) is 0 Å². The molecule has 0 spiro atoms. The average molecular weight is 329 g/mol. The highest BCUT2D eigenvalue weighted by molar-refractivity contribution is 6.31. The zero-order chi connectivity index (χ0) is 16.1. The summed E-state index contributed by atoms with van der Waals surface area (Å²) in [6.45, 7) is 1.57. The topological polar surface area (TPSA) is 41.9 Å². The van der Waals surface area contributed by atoms with Crippen molar-refractivity contribution in [1.29, 1.82) is 0 Å². The van der Waals surface area contributed by atoms with Gasteiger partial charge in [-0.05, 0) is 24.3 Å². The minimum Gasteiger partial charge on any atom is -0.493 e. The molecule has 1 aliphatic heterocycles. The van der Waals surface area contributed by atoms with E-state index in [1.807, 2.05) is 48.5 Å². The molecular formula is C18H17ClN2O2. The average Bonchev–Trinajstić information content (AvgIpc) is 3.05. The van der Waals surface area contributed by atoms with Gasteiger partial charge in [0.1, 0.15) is 11.6 Å². The molecule has 2 aromatic rings. The number of benzene rings is 2. The maximum absolute atomic E-state index is 12.4. The van der Waals surface area contributed by atoms with Crippen LogP contribution in [0.15, 0.2) is 59.6 Å². The molecule has 0 aliphatic carbocycles. The van der Waals surface area contributed by atoms with Crippen LogP contribution in [0.2, 0.25) is 5.02 Å². The van der Waals surface area contributed by atoms with Crippen LogP contribution < -0.4 is 4.74 Å². The van der Waals surface area contributed by atoms with Crippen molar-refractivity contribution in [3.8, 4) is 5.75 Å².